The molecule has 1 aliphatic rings. The molecule has 116 valence electrons. The zero-order valence-electron chi connectivity index (χ0n) is 11.3. The third kappa shape index (κ3) is 4.10. The van der Waals surface area contributed by atoms with Crippen LogP contribution in [0.4, 0.5) is 0 Å². The molecule has 1 aromatic rings. The van der Waals surface area contributed by atoms with Gasteiger partial charge in [-0.3, -0.25) is 0 Å². The Morgan fingerprint density at radius 3 is 2.76 bits per heavy atom. The predicted molar refractivity (Wildman–Crippen MR) is 78.5 cm³/mol. The van der Waals surface area contributed by atoms with Crippen molar-refractivity contribution in [1.29, 1.82) is 0 Å². The van der Waals surface area contributed by atoms with Gasteiger partial charge in [0.25, 0.3) is 9.05 Å². The molecule has 0 aromatic heterocycles. The van der Waals surface area contributed by atoms with E-state index in [1.807, 2.05) is 0 Å². The summed E-state index contributed by atoms with van der Waals surface area (Å²) in [7, 11) is 1.31. The van der Waals surface area contributed by atoms with Crippen LogP contribution in [0.15, 0.2) is 17.0 Å². The molecule has 0 radical (unpaired) electrons. The van der Waals surface area contributed by atoms with Crippen LogP contribution < -0.4 is 0 Å². The largest absolute Gasteiger partial charge is 0.459 e. The van der Waals surface area contributed by atoms with Gasteiger partial charge in [-0.25, -0.2) is 13.2 Å². The molecule has 5 nitrogen and oxygen atoms in total. The SMILES string of the molecule is Cc1c(Cl)cc(S(=O)(=O)Cl)cc1C(=O)OCC1CCCO1. The number of hydrogen-bond donors (Lipinski definition) is 0. The van der Waals surface area contributed by atoms with Crippen LogP contribution in [-0.4, -0.2) is 33.7 Å². The van der Waals surface area contributed by atoms with Gasteiger partial charge in [0.05, 0.1) is 16.6 Å². The van der Waals surface area contributed by atoms with Crippen LogP contribution in [0, 0.1) is 6.92 Å². The lowest BCUT2D eigenvalue weighted by Gasteiger charge is -2.12. The van der Waals surface area contributed by atoms with Crippen molar-refractivity contribution in [2.75, 3.05) is 13.2 Å². The lowest BCUT2D eigenvalue weighted by Crippen LogP contribution is -2.18. The first-order valence-electron chi connectivity index (χ1n) is 6.32. The van der Waals surface area contributed by atoms with Gasteiger partial charge >= 0.3 is 5.97 Å². The highest BCUT2D eigenvalue weighted by atomic mass is 35.7. The lowest BCUT2D eigenvalue weighted by atomic mass is 10.1. The minimum absolute atomic E-state index is 0.0831. The summed E-state index contributed by atoms with van der Waals surface area (Å²) >= 11 is 5.94. The Morgan fingerprint density at radius 1 is 1.48 bits per heavy atom. The molecule has 2 rings (SSSR count). The maximum Gasteiger partial charge on any atom is 0.338 e. The third-order valence-corrected chi connectivity index (χ3v) is 4.97. The molecule has 8 heteroatoms. The number of benzene rings is 1. The van der Waals surface area contributed by atoms with Crippen molar-refractivity contribution >= 4 is 37.3 Å². The van der Waals surface area contributed by atoms with Gasteiger partial charge in [0.1, 0.15) is 6.61 Å². The Balaban J connectivity index is 2.21. The van der Waals surface area contributed by atoms with Crippen molar-refractivity contribution < 1.29 is 22.7 Å². The summed E-state index contributed by atoms with van der Waals surface area (Å²) in [6.45, 7) is 2.40. The highest BCUT2D eigenvalue weighted by molar-refractivity contribution is 8.13. The Morgan fingerprint density at radius 2 is 2.19 bits per heavy atom. The highest BCUT2D eigenvalue weighted by Crippen LogP contribution is 2.27. The first-order valence-corrected chi connectivity index (χ1v) is 9.01. The highest BCUT2D eigenvalue weighted by Gasteiger charge is 2.22. The first-order chi connectivity index (χ1) is 9.79. The van der Waals surface area contributed by atoms with Crippen molar-refractivity contribution in [3.05, 3.63) is 28.3 Å². The molecular formula is C13H14Cl2O5S. The van der Waals surface area contributed by atoms with E-state index in [4.69, 9.17) is 31.8 Å². The number of rotatable bonds is 4. The second-order valence-corrected chi connectivity index (χ2v) is 7.72. The predicted octanol–water partition coefficient (Wildman–Crippen LogP) is 2.91. The maximum atomic E-state index is 12.1. The van der Waals surface area contributed by atoms with E-state index < -0.39 is 15.0 Å². The fourth-order valence-corrected chi connectivity index (χ4v) is 3.10. The lowest BCUT2D eigenvalue weighted by molar-refractivity contribution is 0.0160. The summed E-state index contributed by atoms with van der Waals surface area (Å²) in [5.41, 5.74) is 0.526. The van der Waals surface area contributed by atoms with E-state index in [-0.39, 0.29) is 28.2 Å². The second-order valence-electron chi connectivity index (χ2n) is 4.75. The number of carbonyl (C=O) groups is 1. The molecule has 1 unspecified atom stereocenters. The molecule has 0 saturated carbocycles. The van der Waals surface area contributed by atoms with Gasteiger partial charge in [0.15, 0.2) is 0 Å². The Labute approximate surface area is 132 Å². The van der Waals surface area contributed by atoms with Crippen LogP contribution in [-0.2, 0) is 18.5 Å². The molecule has 0 N–H and O–H groups in total. The zero-order chi connectivity index (χ0) is 15.6. The van der Waals surface area contributed by atoms with Crippen molar-refractivity contribution in [3.63, 3.8) is 0 Å². The molecule has 1 aliphatic heterocycles. The molecule has 0 aliphatic carbocycles. The standard InChI is InChI=1S/C13H14Cl2O5S/c1-8-11(5-10(6-12(8)14)21(15,17)18)13(16)20-7-9-3-2-4-19-9/h5-6,9H,2-4,7H2,1H3. The van der Waals surface area contributed by atoms with Crippen molar-refractivity contribution in [2.45, 2.75) is 30.8 Å². The smallest absolute Gasteiger partial charge is 0.338 e. The molecule has 0 bridgehead atoms. The summed E-state index contributed by atoms with van der Waals surface area (Å²) in [4.78, 5) is 11.8. The van der Waals surface area contributed by atoms with E-state index in [0.717, 1.165) is 12.8 Å². The van der Waals surface area contributed by atoms with Gasteiger partial charge < -0.3 is 9.47 Å². The molecule has 1 fully saturated rings. The van der Waals surface area contributed by atoms with E-state index in [9.17, 15) is 13.2 Å². The summed E-state index contributed by atoms with van der Waals surface area (Å²) in [6, 6.07) is 2.37. The molecule has 1 saturated heterocycles. The molecule has 1 heterocycles. The number of halogens is 2. The molecule has 21 heavy (non-hydrogen) atoms. The molecule has 0 spiro atoms. The molecular weight excluding hydrogens is 339 g/mol. The van der Waals surface area contributed by atoms with Crippen molar-refractivity contribution in [1.82, 2.24) is 0 Å². The Kier molecular flexibility index (Phi) is 5.14. The molecule has 1 atom stereocenters. The van der Waals surface area contributed by atoms with Crippen LogP contribution >= 0.6 is 22.3 Å². The van der Waals surface area contributed by atoms with Gasteiger partial charge in [-0.2, -0.15) is 0 Å². The van der Waals surface area contributed by atoms with E-state index in [2.05, 4.69) is 0 Å². The topological polar surface area (TPSA) is 69.7 Å². The Hall–Kier alpha value is -0.820. The van der Waals surface area contributed by atoms with Crippen molar-refractivity contribution in [3.8, 4) is 0 Å². The minimum Gasteiger partial charge on any atom is -0.459 e. The fraction of sp³-hybridized carbons (Fsp3) is 0.462. The van der Waals surface area contributed by atoms with Gasteiger partial charge in [0.2, 0.25) is 0 Å². The van der Waals surface area contributed by atoms with E-state index in [1.54, 1.807) is 6.92 Å². The van der Waals surface area contributed by atoms with E-state index >= 15 is 0 Å². The summed E-state index contributed by atoms with van der Waals surface area (Å²) < 4.78 is 33.3. The van der Waals surface area contributed by atoms with E-state index in [0.29, 0.717) is 12.2 Å². The monoisotopic (exact) mass is 352 g/mol. The average Bonchev–Trinajstić information content (AvgIpc) is 2.91. The van der Waals surface area contributed by atoms with Gasteiger partial charge in [-0.15, -0.1) is 0 Å². The number of hydrogen-bond acceptors (Lipinski definition) is 5. The quantitative estimate of drug-likeness (QED) is 0.615. The second kappa shape index (κ2) is 6.52. The Bertz CT molecular complexity index is 651. The first kappa shape index (κ1) is 16.5. The van der Waals surface area contributed by atoms with E-state index in [1.165, 1.54) is 12.1 Å². The summed E-state index contributed by atoms with van der Waals surface area (Å²) in [5.74, 6) is -0.646. The van der Waals surface area contributed by atoms with Crippen LogP contribution in [0.2, 0.25) is 5.02 Å². The van der Waals surface area contributed by atoms with Gasteiger partial charge in [0, 0.05) is 22.3 Å². The van der Waals surface area contributed by atoms with Crippen LogP contribution in [0.25, 0.3) is 0 Å². The number of esters is 1. The van der Waals surface area contributed by atoms with Crippen LogP contribution in [0.5, 0.6) is 0 Å². The summed E-state index contributed by atoms with van der Waals surface area (Å²) in [5, 5.41) is 0.140. The summed E-state index contributed by atoms with van der Waals surface area (Å²) in [6.07, 6.45) is 1.67. The maximum absolute atomic E-state index is 12.1. The average molecular weight is 353 g/mol. The third-order valence-electron chi connectivity index (χ3n) is 3.24. The number of ether oxygens (including phenoxy) is 2. The van der Waals surface area contributed by atoms with Gasteiger partial charge in [-0.05, 0) is 37.5 Å². The molecule has 0 amide bonds. The number of carbonyl (C=O) groups excluding carboxylic acids is 1. The van der Waals surface area contributed by atoms with Crippen LogP contribution in [0.1, 0.15) is 28.8 Å². The van der Waals surface area contributed by atoms with Crippen LogP contribution in [0.3, 0.4) is 0 Å². The fourth-order valence-electron chi connectivity index (χ4n) is 2.03. The minimum atomic E-state index is -3.97. The van der Waals surface area contributed by atoms with Crippen molar-refractivity contribution in [2.24, 2.45) is 0 Å². The molecule has 1 aromatic carbocycles. The normalized spacial score (nSPS) is 18.7. The van der Waals surface area contributed by atoms with Gasteiger partial charge in [-0.1, -0.05) is 11.6 Å². The zero-order valence-corrected chi connectivity index (χ0v) is 13.6.